The minimum atomic E-state index is -0.153. The summed E-state index contributed by atoms with van der Waals surface area (Å²) < 4.78 is 0. The molecule has 5 heteroatoms. The van der Waals surface area contributed by atoms with Gasteiger partial charge in [0.25, 0.3) is 11.8 Å². The molecule has 29 heavy (non-hydrogen) atoms. The lowest BCUT2D eigenvalue weighted by atomic mass is 10.0. The molecule has 2 amide bonds. The van der Waals surface area contributed by atoms with Crippen LogP contribution in [-0.4, -0.2) is 17.9 Å². The summed E-state index contributed by atoms with van der Waals surface area (Å²) in [5.74, 6) is -0.281. The van der Waals surface area contributed by atoms with Crippen LogP contribution in [0.25, 0.3) is 0 Å². The lowest BCUT2D eigenvalue weighted by molar-refractivity contribution is 0.0934. The van der Waals surface area contributed by atoms with Gasteiger partial charge in [-0.1, -0.05) is 61.2 Å². The van der Waals surface area contributed by atoms with Crippen LogP contribution in [0, 0.1) is 0 Å². The van der Waals surface area contributed by atoms with Gasteiger partial charge in [-0.2, -0.15) is 0 Å². The van der Waals surface area contributed by atoms with E-state index in [0.29, 0.717) is 16.8 Å². The molecule has 0 aromatic heterocycles. The fourth-order valence-corrected chi connectivity index (χ4v) is 4.38. The van der Waals surface area contributed by atoms with Gasteiger partial charge in [-0.3, -0.25) is 9.59 Å². The normalized spacial score (nSPS) is 13.5. The van der Waals surface area contributed by atoms with Gasteiger partial charge in [0.05, 0.1) is 11.3 Å². The van der Waals surface area contributed by atoms with Crippen LogP contribution in [0.2, 0.25) is 0 Å². The third-order valence-electron chi connectivity index (χ3n) is 4.99. The monoisotopic (exact) mass is 402 g/mol. The maximum atomic E-state index is 12.8. The van der Waals surface area contributed by atoms with Gasteiger partial charge in [0.1, 0.15) is 0 Å². The first-order chi connectivity index (χ1) is 14.1. The Hall–Kier alpha value is -3.05. The molecule has 0 bridgehead atoms. The summed E-state index contributed by atoms with van der Waals surface area (Å²) in [6.45, 7) is 2.07. The van der Waals surface area contributed by atoms with Gasteiger partial charge >= 0.3 is 0 Å². The van der Waals surface area contributed by atoms with E-state index < -0.39 is 0 Å². The number of carbonyl (C=O) groups excluding carboxylic acids is 2. The molecule has 0 saturated carbocycles. The van der Waals surface area contributed by atoms with Gasteiger partial charge < -0.3 is 10.6 Å². The zero-order valence-corrected chi connectivity index (χ0v) is 17.0. The highest BCUT2D eigenvalue weighted by atomic mass is 32.2. The van der Waals surface area contributed by atoms with E-state index in [1.807, 2.05) is 54.6 Å². The van der Waals surface area contributed by atoms with Crippen LogP contribution in [0.15, 0.2) is 82.6 Å². The van der Waals surface area contributed by atoms with Crippen LogP contribution in [-0.2, 0) is 6.42 Å². The zero-order chi connectivity index (χ0) is 20.2. The van der Waals surface area contributed by atoms with Crippen molar-refractivity contribution < 1.29 is 9.59 Å². The molecule has 1 unspecified atom stereocenters. The molecule has 0 saturated heterocycles. The third kappa shape index (κ3) is 4.35. The fourth-order valence-electron chi connectivity index (χ4n) is 3.37. The van der Waals surface area contributed by atoms with Crippen molar-refractivity contribution in [1.82, 2.24) is 5.32 Å². The molecule has 146 valence electrons. The van der Waals surface area contributed by atoms with Crippen molar-refractivity contribution in [3.8, 4) is 0 Å². The van der Waals surface area contributed by atoms with Gasteiger partial charge in [0.15, 0.2) is 0 Å². The van der Waals surface area contributed by atoms with Crippen LogP contribution in [0.1, 0.15) is 39.6 Å². The number of benzene rings is 3. The van der Waals surface area contributed by atoms with Crippen molar-refractivity contribution in [3.63, 3.8) is 0 Å². The van der Waals surface area contributed by atoms with E-state index in [0.717, 1.165) is 22.6 Å². The molecule has 1 atom stereocenters. The summed E-state index contributed by atoms with van der Waals surface area (Å²) in [5.41, 5.74) is 3.05. The molecule has 1 aliphatic heterocycles. The molecule has 3 aromatic rings. The van der Waals surface area contributed by atoms with Crippen molar-refractivity contribution in [3.05, 3.63) is 89.5 Å². The lowest BCUT2D eigenvalue weighted by Gasteiger charge is -2.18. The summed E-state index contributed by atoms with van der Waals surface area (Å²) >= 11 is 1.53. The number of nitrogens with one attached hydrogen (secondary N) is 2. The first-order valence-electron chi connectivity index (χ1n) is 9.71. The predicted octanol–water partition coefficient (Wildman–Crippen LogP) is 5.15. The Labute approximate surface area is 174 Å². The second-order valence-corrected chi connectivity index (χ2v) is 8.12. The Morgan fingerprint density at radius 3 is 2.55 bits per heavy atom. The molecular weight excluding hydrogens is 380 g/mol. The SMILES string of the molecule is CCC(Cc1ccccc1)NC(=O)c1ccc2c(c1)NC(=O)c1ccccc1S2. The van der Waals surface area contributed by atoms with Crippen LogP contribution in [0.3, 0.4) is 0 Å². The summed E-state index contributed by atoms with van der Waals surface area (Å²) in [5, 5.41) is 6.07. The molecule has 3 aromatic carbocycles. The molecular formula is C24H22N2O2S. The van der Waals surface area contributed by atoms with Crippen molar-refractivity contribution in [1.29, 1.82) is 0 Å². The van der Waals surface area contributed by atoms with Crippen LogP contribution in [0.5, 0.6) is 0 Å². The fraction of sp³-hybridized carbons (Fsp3) is 0.167. The van der Waals surface area contributed by atoms with E-state index in [1.54, 1.807) is 6.07 Å². The number of amides is 2. The van der Waals surface area contributed by atoms with Gasteiger partial charge in [-0.05, 0) is 48.7 Å². The van der Waals surface area contributed by atoms with Crippen molar-refractivity contribution >= 4 is 29.3 Å². The summed E-state index contributed by atoms with van der Waals surface area (Å²) in [4.78, 5) is 27.2. The van der Waals surface area contributed by atoms with Gasteiger partial charge in [-0.25, -0.2) is 0 Å². The molecule has 1 heterocycles. The number of carbonyl (C=O) groups is 2. The highest BCUT2D eigenvalue weighted by Gasteiger charge is 2.21. The Morgan fingerprint density at radius 2 is 1.76 bits per heavy atom. The van der Waals surface area contributed by atoms with Gasteiger partial charge in [0, 0.05) is 21.4 Å². The molecule has 0 aliphatic carbocycles. The third-order valence-corrected chi connectivity index (χ3v) is 6.15. The van der Waals surface area contributed by atoms with E-state index in [-0.39, 0.29) is 17.9 Å². The first kappa shape index (κ1) is 19.3. The Balaban J connectivity index is 1.52. The molecule has 0 fully saturated rings. The Kier molecular flexibility index (Phi) is 5.67. The molecule has 1 aliphatic rings. The average Bonchev–Trinajstić information content (AvgIpc) is 2.89. The lowest BCUT2D eigenvalue weighted by Crippen LogP contribution is -2.36. The van der Waals surface area contributed by atoms with Gasteiger partial charge in [-0.15, -0.1) is 0 Å². The minimum Gasteiger partial charge on any atom is -0.349 e. The first-order valence-corrected chi connectivity index (χ1v) is 10.5. The quantitative estimate of drug-likeness (QED) is 0.620. The van der Waals surface area contributed by atoms with E-state index in [1.165, 1.54) is 17.3 Å². The van der Waals surface area contributed by atoms with E-state index >= 15 is 0 Å². The van der Waals surface area contributed by atoms with Crippen LogP contribution in [0.4, 0.5) is 5.69 Å². The number of hydrogen-bond acceptors (Lipinski definition) is 3. The largest absolute Gasteiger partial charge is 0.349 e. The summed E-state index contributed by atoms with van der Waals surface area (Å²) in [6.07, 6.45) is 1.63. The molecule has 2 N–H and O–H groups in total. The smallest absolute Gasteiger partial charge is 0.256 e. The number of fused-ring (bicyclic) bond motifs is 2. The maximum absolute atomic E-state index is 12.8. The topological polar surface area (TPSA) is 58.2 Å². The molecule has 4 nitrogen and oxygen atoms in total. The Bertz CT molecular complexity index is 1050. The second kappa shape index (κ2) is 8.53. The van der Waals surface area contributed by atoms with Crippen LogP contribution < -0.4 is 10.6 Å². The number of anilines is 1. The van der Waals surface area contributed by atoms with Crippen molar-refractivity contribution in [2.75, 3.05) is 5.32 Å². The van der Waals surface area contributed by atoms with Crippen molar-refractivity contribution in [2.45, 2.75) is 35.6 Å². The predicted molar refractivity (Wildman–Crippen MR) is 117 cm³/mol. The van der Waals surface area contributed by atoms with E-state index in [2.05, 4.69) is 29.7 Å². The molecule has 0 radical (unpaired) electrons. The highest BCUT2D eigenvalue weighted by molar-refractivity contribution is 7.99. The zero-order valence-electron chi connectivity index (χ0n) is 16.1. The van der Waals surface area contributed by atoms with E-state index in [9.17, 15) is 9.59 Å². The number of hydrogen-bond donors (Lipinski definition) is 2. The maximum Gasteiger partial charge on any atom is 0.256 e. The van der Waals surface area contributed by atoms with E-state index in [4.69, 9.17) is 0 Å². The number of rotatable bonds is 5. The second-order valence-electron chi connectivity index (χ2n) is 7.03. The van der Waals surface area contributed by atoms with Crippen molar-refractivity contribution in [2.24, 2.45) is 0 Å². The Morgan fingerprint density at radius 1 is 1.00 bits per heavy atom. The van der Waals surface area contributed by atoms with Crippen LogP contribution >= 0.6 is 11.8 Å². The summed E-state index contributed by atoms with van der Waals surface area (Å²) in [6, 6.07) is 23.2. The molecule has 4 rings (SSSR count). The minimum absolute atomic E-state index is 0.0527. The average molecular weight is 403 g/mol. The standard InChI is InChI=1S/C24H22N2O2S/c1-2-18(14-16-8-4-3-5-9-16)25-23(27)17-12-13-22-20(15-17)26-24(28)19-10-6-7-11-21(19)29-22/h3-13,15,18H,2,14H2,1H3,(H,25,27)(H,26,28). The molecule has 0 spiro atoms. The highest BCUT2D eigenvalue weighted by Crippen LogP contribution is 2.39. The van der Waals surface area contributed by atoms with Gasteiger partial charge in [0.2, 0.25) is 0 Å². The summed E-state index contributed by atoms with van der Waals surface area (Å²) in [7, 11) is 0.